The molecule has 0 saturated heterocycles. The summed E-state index contributed by atoms with van der Waals surface area (Å²) in [6, 6.07) is 0. The largest absolute Gasteiger partial charge is 0.481 e. The van der Waals surface area contributed by atoms with Gasteiger partial charge in [0.2, 0.25) is 0 Å². The van der Waals surface area contributed by atoms with Crippen LogP contribution in [0.25, 0.3) is 0 Å². The van der Waals surface area contributed by atoms with Crippen LogP contribution in [0.2, 0.25) is 0 Å². The molecule has 0 aliphatic heterocycles. The number of carboxylic acid groups (broad SMARTS) is 4. The van der Waals surface area contributed by atoms with E-state index in [2.05, 4.69) is 13.2 Å². The zero-order chi connectivity index (χ0) is 18.6. The summed E-state index contributed by atoms with van der Waals surface area (Å²) in [5.74, 6) is -4.03. The maximum atomic E-state index is 10.8. The molecule has 1 unspecified atom stereocenters. The molecule has 0 radical (unpaired) electrons. The number of hydrogen-bond acceptors (Lipinski definition) is 4. The number of rotatable bonds is 4. The lowest BCUT2D eigenvalue weighted by atomic mass is 9.80. The van der Waals surface area contributed by atoms with Crippen molar-refractivity contribution in [2.75, 3.05) is 0 Å². The minimum Gasteiger partial charge on any atom is -0.481 e. The fraction of sp³-hybridized carbons (Fsp3) is 0.200. The third kappa shape index (κ3) is 10.2. The van der Waals surface area contributed by atoms with Crippen LogP contribution < -0.4 is 0 Å². The van der Waals surface area contributed by atoms with E-state index in [4.69, 9.17) is 20.4 Å². The first-order valence-electron chi connectivity index (χ1n) is 6.06. The van der Waals surface area contributed by atoms with Crippen molar-refractivity contribution in [3.63, 3.8) is 0 Å². The second kappa shape index (κ2) is 10.6. The summed E-state index contributed by atoms with van der Waals surface area (Å²) in [6.07, 6.45) is 6.10. The Balaban J connectivity index is 0. The van der Waals surface area contributed by atoms with E-state index in [9.17, 15) is 19.2 Å². The molecule has 4 N–H and O–H groups in total. The lowest BCUT2D eigenvalue weighted by molar-refractivity contribution is -0.145. The molecule has 1 aliphatic rings. The molecule has 8 heteroatoms. The van der Waals surface area contributed by atoms with Gasteiger partial charge in [-0.1, -0.05) is 31.4 Å². The Hall–Kier alpha value is -3.16. The maximum absolute atomic E-state index is 10.8. The van der Waals surface area contributed by atoms with Gasteiger partial charge in [0.05, 0.1) is 5.41 Å². The lowest BCUT2D eigenvalue weighted by Gasteiger charge is -2.23. The van der Waals surface area contributed by atoms with Gasteiger partial charge >= 0.3 is 23.9 Å². The Morgan fingerprint density at radius 3 is 1.70 bits per heavy atom. The lowest BCUT2D eigenvalue weighted by Crippen LogP contribution is -2.28. The Kier molecular flexibility index (Phi) is 10.1. The van der Waals surface area contributed by atoms with Gasteiger partial charge in [0.1, 0.15) is 0 Å². The zero-order valence-corrected chi connectivity index (χ0v) is 12.4. The average Bonchev–Trinajstić information content (AvgIpc) is 2.48. The van der Waals surface area contributed by atoms with Gasteiger partial charge in [-0.05, 0) is 13.3 Å². The Morgan fingerprint density at radius 1 is 1.04 bits per heavy atom. The molecule has 1 aliphatic carbocycles. The predicted molar refractivity (Wildman–Crippen MR) is 80.9 cm³/mol. The molecule has 0 bridgehead atoms. The van der Waals surface area contributed by atoms with Gasteiger partial charge in [-0.25, -0.2) is 14.4 Å². The molecule has 23 heavy (non-hydrogen) atoms. The smallest absolute Gasteiger partial charge is 0.331 e. The highest BCUT2D eigenvalue weighted by Crippen LogP contribution is 2.31. The molecule has 1 rings (SSSR count). The van der Waals surface area contributed by atoms with E-state index in [1.807, 2.05) is 0 Å². The van der Waals surface area contributed by atoms with Crippen molar-refractivity contribution in [2.24, 2.45) is 5.41 Å². The highest BCUT2D eigenvalue weighted by molar-refractivity contribution is 5.90. The van der Waals surface area contributed by atoms with Crippen molar-refractivity contribution in [3.05, 3.63) is 49.1 Å². The second-order valence-electron chi connectivity index (χ2n) is 4.34. The molecule has 0 heterocycles. The quantitative estimate of drug-likeness (QED) is 0.568. The summed E-state index contributed by atoms with van der Waals surface area (Å²) in [6.45, 7) is 7.42. The highest BCUT2D eigenvalue weighted by atomic mass is 16.4. The normalized spacial score (nSPS) is 17.9. The average molecular weight is 326 g/mol. The molecule has 0 aromatic rings. The van der Waals surface area contributed by atoms with Gasteiger partial charge in [0.25, 0.3) is 0 Å². The van der Waals surface area contributed by atoms with Gasteiger partial charge < -0.3 is 20.4 Å². The number of carboxylic acids is 4. The predicted octanol–water partition coefficient (Wildman–Crippen LogP) is 1.56. The molecular weight excluding hydrogens is 308 g/mol. The number of allylic oxidation sites excluding steroid dienone is 2. The third-order valence-corrected chi connectivity index (χ3v) is 2.43. The molecule has 0 aromatic heterocycles. The first-order chi connectivity index (χ1) is 10.5. The fourth-order valence-corrected chi connectivity index (χ4v) is 1.18. The minimum atomic E-state index is -1.08. The molecule has 0 fully saturated rings. The topological polar surface area (TPSA) is 149 Å². The molecule has 0 spiro atoms. The third-order valence-electron chi connectivity index (χ3n) is 2.43. The van der Waals surface area contributed by atoms with Crippen LogP contribution in [0.5, 0.6) is 0 Å². The summed E-state index contributed by atoms with van der Waals surface area (Å²) in [5.41, 5.74) is -0.949. The second-order valence-corrected chi connectivity index (χ2v) is 4.34. The monoisotopic (exact) mass is 326 g/mol. The van der Waals surface area contributed by atoms with E-state index in [0.717, 1.165) is 12.2 Å². The van der Waals surface area contributed by atoms with Crippen LogP contribution in [0, 0.1) is 5.41 Å². The van der Waals surface area contributed by atoms with Crippen molar-refractivity contribution in [1.82, 2.24) is 0 Å². The number of hydrogen-bond donors (Lipinski definition) is 4. The van der Waals surface area contributed by atoms with Gasteiger partial charge in [-0.2, -0.15) is 0 Å². The minimum absolute atomic E-state index is 0.0359. The van der Waals surface area contributed by atoms with Crippen molar-refractivity contribution < 1.29 is 39.6 Å². The molecule has 0 aromatic carbocycles. The van der Waals surface area contributed by atoms with Crippen LogP contribution >= 0.6 is 0 Å². The number of carbonyl (C=O) groups is 4. The summed E-state index contributed by atoms with van der Waals surface area (Å²) >= 11 is 0. The van der Waals surface area contributed by atoms with Crippen LogP contribution in [0.1, 0.15) is 13.3 Å². The van der Waals surface area contributed by atoms with Gasteiger partial charge in [0, 0.05) is 17.7 Å². The van der Waals surface area contributed by atoms with Gasteiger partial charge in [0.15, 0.2) is 0 Å². The SMILES string of the molecule is C=CC(=O)O.C=CC(=O)O.CC1(C(=O)O)C=CC=C(C(=O)O)C1. The summed E-state index contributed by atoms with van der Waals surface area (Å²) in [5, 5.41) is 32.7. The van der Waals surface area contributed by atoms with E-state index >= 15 is 0 Å². The zero-order valence-electron chi connectivity index (χ0n) is 12.4. The van der Waals surface area contributed by atoms with Crippen LogP contribution in [-0.4, -0.2) is 44.3 Å². The van der Waals surface area contributed by atoms with Crippen LogP contribution in [0.15, 0.2) is 49.1 Å². The number of aliphatic carboxylic acids is 4. The highest BCUT2D eigenvalue weighted by Gasteiger charge is 2.34. The Bertz CT molecular complexity index is 538. The van der Waals surface area contributed by atoms with E-state index in [1.54, 1.807) is 0 Å². The van der Waals surface area contributed by atoms with Crippen molar-refractivity contribution in [1.29, 1.82) is 0 Å². The van der Waals surface area contributed by atoms with Crippen molar-refractivity contribution in [2.45, 2.75) is 13.3 Å². The molecular formula is C15H18O8. The maximum Gasteiger partial charge on any atom is 0.331 e. The Labute approximate surface area is 132 Å². The van der Waals surface area contributed by atoms with E-state index < -0.39 is 29.3 Å². The van der Waals surface area contributed by atoms with Crippen LogP contribution in [0.4, 0.5) is 0 Å². The molecule has 126 valence electrons. The summed E-state index contributed by atoms with van der Waals surface area (Å²) in [7, 11) is 0. The molecule has 0 saturated carbocycles. The van der Waals surface area contributed by atoms with Crippen LogP contribution in [0.3, 0.4) is 0 Å². The van der Waals surface area contributed by atoms with Crippen LogP contribution in [-0.2, 0) is 19.2 Å². The Morgan fingerprint density at radius 2 is 1.43 bits per heavy atom. The van der Waals surface area contributed by atoms with Gasteiger partial charge in [-0.3, -0.25) is 4.79 Å². The molecule has 0 amide bonds. The van der Waals surface area contributed by atoms with Gasteiger partial charge in [-0.15, -0.1) is 0 Å². The van der Waals surface area contributed by atoms with E-state index in [0.29, 0.717) is 0 Å². The standard InChI is InChI=1S/C9H10O4.2C3H4O2/c1-9(8(12)13)4-2-3-6(5-9)7(10)11;2*1-2-3(4)5/h2-4H,5H2,1H3,(H,10,11)(H,12,13);2*2H,1H2,(H,4,5). The molecule has 1 atom stereocenters. The summed E-state index contributed by atoms with van der Waals surface area (Å²) < 4.78 is 0. The van der Waals surface area contributed by atoms with Crippen molar-refractivity contribution in [3.8, 4) is 0 Å². The van der Waals surface area contributed by atoms with Crippen molar-refractivity contribution >= 4 is 23.9 Å². The first-order valence-corrected chi connectivity index (χ1v) is 6.06. The summed E-state index contributed by atoms with van der Waals surface area (Å²) in [4.78, 5) is 39.8. The molecule has 8 nitrogen and oxygen atoms in total. The van der Waals surface area contributed by atoms with E-state index in [1.165, 1.54) is 25.2 Å². The van der Waals surface area contributed by atoms with E-state index in [-0.39, 0.29) is 12.0 Å². The first kappa shape index (κ1) is 22.1. The fourth-order valence-electron chi connectivity index (χ4n) is 1.18.